The molecule has 1 fully saturated rings. The lowest BCUT2D eigenvalue weighted by Crippen LogP contribution is -2.44. The van der Waals surface area contributed by atoms with Gasteiger partial charge in [0.15, 0.2) is 0 Å². The molecule has 0 bridgehead atoms. The van der Waals surface area contributed by atoms with E-state index in [1.807, 2.05) is 37.4 Å². The Bertz CT molecular complexity index is 1210. The number of rotatable bonds is 8. The molecule has 2 unspecified atom stereocenters. The van der Waals surface area contributed by atoms with Crippen molar-refractivity contribution in [3.05, 3.63) is 51.9 Å². The number of carboxylic acids is 1. The number of aliphatic hydroxyl groups is 1. The topological polar surface area (TPSA) is 119 Å². The van der Waals surface area contributed by atoms with Gasteiger partial charge in [0.25, 0.3) is 5.56 Å². The number of aryl methyl sites for hydroxylation is 2. The monoisotopic (exact) mass is 468 g/mol. The standard InChI is InChI=1S/C25H32N4O5/c1-15-10-19(14-28(3)24(15)31)23-27-20-11-18(12-26-22(16(2)30)25(32)33)4-5-21(20)29(23)13-17-6-8-34-9-7-17/h4-5,10-11,14,16-17,22,26,30H,6-9,12-13H2,1-3H3,(H,32,33). The van der Waals surface area contributed by atoms with Crippen LogP contribution in [0.15, 0.2) is 35.3 Å². The minimum Gasteiger partial charge on any atom is -0.480 e. The minimum atomic E-state index is -1.09. The summed E-state index contributed by atoms with van der Waals surface area (Å²) in [5.74, 6) is 0.184. The van der Waals surface area contributed by atoms with Crippen molar-refractivity contribution in [2.45, 2.75) is 51.9 Å². The van der Waals surface area contributed by atoms with E-state index in [9.17, 15) is 19.8 Å². The summed E-state index contributed by atoms with van der Waals surface area (Å²) in [6.45, 7) is 5.87. The summed E-state index contributed by atoms with van der Waals surface area (Å²) in [6.07, 6.45) is 2.78. The van der Waals surface area contributed by atoms with Gasteiger partial charge >= 0.3 is 5.97 Å². The summed E-state index contributed by atoms with van der Waals surface area (Å²) in [5, 5.41) is 21.9. The van der Waals surface area contributed by atoms with Crippen LogP contribution in [0.4, 0.5) is 0 Å². The highest BCUT2D eigenvalue weighted by Crippen LogP contribution is 2.29. The molecular weight excluding hydrogens is 436 g/mol. The largest absolute Gasteiger partial charge is 0.480 e. The molecule has 2 atom stereocenters. The normalized spacial score (nSPS) is 16.6. The van der Waals surface area contributed by atoms with E-state index in [2.05, 4.69) is 9.88 Å². The van der Waals surface area contributed by atoms with Crippen LogP contribution in [0, 0.1) is 12.8 Å². The number of pyridine rings is 1. The molecule has 9 nitrogen and oxygen atoms in total. The number of fused-ring (bicyclic) bond motifs is 1. The van der Waals surface area contributed by atoms with Crippen molar-refractivity contribution in [1.29, 1.82) is 0 Å². The predicted molar refractivity (Wildman–Crippen MR) is 129 cm³/mol. The third kappa shape index (κ3) is 5.06. The van der Waals surface area contributed by atoms with Crippen LogP contribution >= 0.6 is 0 Å². The van der Waals surface area contributed by atoms with Gasteiger partial charge in [-0.2, -0.15) is 0 Å². The second-order valence-corrected chi connectivity index (χ2v) is 9.19. The number of nitrogens with zero attached hydrogens (tertiary/aromatic N) is 3. The molecule has 0 aliphatic carbocycles. The zero-order valence-corrected chi connectivity index (χ0v) is 19.8. The fraction of sp³-hybridized carbons (Fsp3) is 0.480. The van der Waals surface area contributed by atoms with E-state index in [1.165, 1.54) is 6.92 Å². The molecule has 0 saturated carbocycles. The number of aliphatic carboxylic acids is 1. The molecule has 1 aromatic carbocycles. The summed E-state index contributed by atoms with van der Waals surface area (Å²) < 4.78 is 9.34. The van der Waals surface area contributed by atoms with Gasteiger partial charge in [0.2, 0.25) is 0 Å². The fourth-order valence-corrected chi connectivity index (χ4v) is 4.57. The summed E-state index contributed by atoms with van der Waals surface area (Å²) >= 11 is 0. The summed E-state index contributed by atoms with van der Waals surface area (Å²) in [4.78, 5) is 28.6. The Morgan fingerprint density at radius 1 is 1.29 bits per heavy atom. The lowest BCUT2D eigenvalue weighted by Gasteiger charge is -2.23. The maximum absolute atomic E-state index is 12.2. The van der Waals surface area contributed by atoms with Gasteiger partial charge in [0.1, 0.15) is 11.9 Å². The molecule has 34 heavy (non-hydrogen) atoms. The summed E-state index contributed by atoms with van der Waals surface area (Å²) in [5.41, 5.74) is 4.17. The van der Waals surface area contributed by atoms with Crippen LogP contribution in [0.5, 0.6) is 0 Å². The van der Waals surface area contributed by atoms with E-state index in [0.717, 1.165) is 60.6 Å². The van der Waals surface area contributed by atoms with Crippen molar-refractivity contribution >= 4 is 17.0 Å². The smallest absolute Gasteiger partial charge is 0.323 e. The van der Waals surface area contributed by atoms with Crippen molar-refractivity contribution in [3.63, 3.8) is 0 Å². The molecule has 9 heteroatoms. The third-order valence-electron chi connectivity index (χ3n) is 6.49. The molecule has 182 valence electrons. The zero-order chi connectivity index (χ0) is 24.4. The molecule has 3 N–H and O–H groups in total. The number of ether oxygens (including phenoxy) is 1. The summed E-state index contributed by atoms with van der Waals surface area (Å²) in [7, 11) is 1.75. The van der Waals surface area contributed by atoms with Crippen LogP contribution in [0.1, 0.15) is 30.9 Å². The molecule has 1 aliphatic heterocycles. The number of aliphatic hydroxyl groups excluding tert-OH is 1. The Balaban J connectivity index is 1.72. The molecule has 0 amide bonds. The number of hydrogen-bond acceptors (Lipinski definition) is 6. The van der Waals surface area contributed by atoms with E-state index >= 15 is 0 Å². The van der Waals surface area contributed by atoms with E-state index in [4.69, 9.17) is 9.72 Å². The average Bonchev–Trinajstić information content (AvgIpc) is 3.15. The number of hydrogen-bond donors (Lipinski definition) is 3. The van der Waals surface area contributed by atoms with Crippen LogP contribution in [0.3, 0.4) is 0 Å². The van der Waals surface area contributed by atoms with Crippen molar-refractivity contribution in [1.82, 2.24) is 19.4 Å². The highest BCUT2D eigenvalue weighted by atomic mass is 16.5. The van der Waals surface area contributed by atoms with Crippen molar-refractivity contribution in [2.24, 2.45) is 13.0 Å². The number of nitrogens with one attached hydrogen (secondary N) is 1. The quantitative estimate of drug-likeness (QED) is 0.463. The van der Waals surface area contributed by atoms with Gasteiger partial charge in [-0.3, -0.25) is 14.9 Å². The minimum absolute atomic E-state index is 0.0321. The van der Waals surface area contributed by atoms with Crippen molar-refractivity contribution in [3.8, 4) is 11.4 Å². The van der Waals surface area contributed by atoms with Gasteiger partial charge in [0, 0.05) is 50.7 Å². The maximum Gasteiger partial charge on any atom is 0.323 e. The Morgan fingerprint density at radius 3 is 2.68 bits per heavy atom. The van der Waals surface area contributed by atoms with Crippen LogP contribution in [0.2, 0.25) is 0 Å². The molecule has 0 spiro atoms. The van der Waals surface area contributed by atoms with Crippen LogP contribution in [-0.4, -0.2) is 55.7 Å². The molecular formula is C25H32N4O5. The van der Waals surface area contributed by atoms with Crippen LogP contribution in [0.25, 0.3) is 22.4 Å². The second-order valence-electron chi connectivity index (χ2n) is 9.19. The molecule has 4 rings (SSSR count). The molecule has 3 aromatic rings. The maximum atomic E-state index is 12.2. The van der Waals surface area contributed by atoms with Crippen LogP contribution < -0.4 is 10.9 Å². The van der Waals surface area contributed by atoms with Gasteiger partial charge in [-0.15, -0.1) is 0 Å². The van der Waals surface area contributed by atoms with Gasteiger partial charge in [-0.05, 0) is 56.4 Å². The Labute approximate surface area is 198 Å². The summed E-state index contributed by atoms with van der Waals surface area (Å²) in [6, 6.07) is 6.74. The number of carboxylic acid groups (broad SMARTS) is 1. The van der Waals surface area contributed by atoms with E-state index in [1.54, 1.807) is 11.6 Å². The first-order valence-corrected chi connectivity index (χ1v) is 11.6. The number of aromatic nitrogens is 3. The Hall–Kier alpha value is -3.01. The SMILES string of the molecule is Cc1cc(-c2nc3cc(CNC(C(=O)O)C(C)O)ccc3n2CC2CCOCC2)cn(C)c1=O. The fourth-order valence-electron chi connectivity index (χ4n) is 4.57. The van der Waals surface area contributed by atoms with Crippen LogP contribution in [-0.2, 0) is 29.7 Å². The first kappa shape index (κ1) is 24.1. The molecule has 0 radical (unpaired) electrons. The average molecular weight is 469 g/mol. The first-order chi connectivity index (χ1) is 16.2. The second kappa shape index (κ2) is 10.1. The van der Waals surface area contributed by atoms with Crippen molar-refractivity contribution in [2.75, 3.05) is 13.2 Å². The number of carbonyl (C=O) groups is 1. The number of imidazole rings is 1. The van der Waals surface area contributed by atoms with E-state index in [-0.39, 0.29) is 5.56 Å². The third-order valence-corrected chi connectivity index (χ3v) is 6.49. The molecule has 2 aromatic heterocycles. The molecule has 1 saturated heterocycles. The molecule has 1 aliphatic rings. The zero-order valence-electron chi connectivity index (χ0n) is 19.8. The highest BCUT2D eigenvalue weighted by molar-refractivity contribution is 5.81. The highest BCUT2D eigenvalue weighted by Gasteiger charge is 2.23. The Morgan fingerprint density at radius 2 is 2.03 bits per heavy atom. The lowest BCUT2D eigenvalue weighted by molar-refractivity contribution is -0.142. The Kier molecular flexibility index (Phi) is 7.16. The van der Waals surface area contributed by atoms with Gasteiger partial charge < -0.3 is 24.1 Å². The van der Waals surface area contributed by atoms with Gasteiger partial charge in [-0.25, -0.2) is 4.98 Å². The first-order valence-electron chi connectivity index (χ1n) is 11.6. The van der Waals surface area contributed by atoms with E-state index < -0.39 is 18.1 Å². The lowest BCUT2D eigenvalue weighted by atomic mass is 10.00. The number of benzene rings is 1. The van der Waals surface area contributed by atoms with Gasteiger partial charge in [-0.1, -0.05) is 6.07 Å². The predicted octanol–water partition coefficient (Wildman–Crippen LogP) is 2.06. The van der Waals surface area contributed by atoms with E-state index in [0.29, 0.717) is 18.0 Å². The van der Waals surface area contributed by atoms with Crippen molar-refractivity contribution < 1.29 is 19.7 Å². The molecule has 3 heterocycles. The van der Waals surface area contributed by atoms with Gasteiger partial charge in [0.05, 0.1) is 17.1 Å².